The summed E-state index contributed by atoms with van der Waals surface area (Å²) in [5.41, 5.74) is 0.711. The first-order chi connectivity index (χ1) is 12.1. The van der Waals surface area contributed by atoms with Gasteiger partial charge in [-0.3, -0.25) is 4.79 Å². The lowest BCUT2D eigenvalue weighted by molar-refractivity contribution is -0.118. The highest BCUT2D eigenvalue weighted by Gasteiger charge is 2.16. The summed E-state index contributed by atoms with van der Waals surface area (Å²) in [4.78, 5) is 12.0. The Labute approximate surface area is 160 Å². The molecule has 0 heterocycles. The molecule has 132 valence electrons. The largest absolute Gasteiger partial charge is 0.490 e. The molecule has 3 rings (SSSR count). The molecule has 1 saturated carbocycles. The number of halogens is 2. The highest BCUT2D eigenvalue weighted by atomic mass is 79.9. The van der Waals surface area contributed by atoms with E-state index in [0.717, 1.165) is 18.6 Å². The maximum Gasteiger partial charge on any atom is 0.262 e. The Morgan fingerprint density at radius 1 is 1.16 bits per heavy atom. The molecule has 2 aromatic rings. The summed E-state index contributed by atoms with van der Waals surface area (Å²) >= 11 is 9.23. The zero-order chi connectivity index (χ0) is 17.6. The van der Waals surface area contributed by atoms with Crippen molar-refractivity contribution in [1.82, 2.24) is 0 Å². The molecule has 0 saturated heterocycles. The van der Waals surface area contributed by atoms with Gasteiger partial charge in [0.15, 0.2) is 6.61 Å². The van der Waals surface area contributed by atoms with Crippen LogP contribution in [0.25, 0.3) is 0 Å². The second-order valence-electron chi connectivity index (χ2n) is 5.96. The molecule has 1 aliphatic rings. The van der Waals surface area contributed by atoms with Crippen LogP contribution in [-0.2, 0) is 4.79 Å². The predicted octanol–water partition coefficient (Wildman–Crippen LogP) is 5.44. The lowest BCUT2D eigenvalue weighted by Gasteiger charge is -2.13. The summed E-state index contributed by atoms with van der Waals surface area (Å²) in [5.74, 6) is 1.18. The monoisotopic (exact) mass is 423 g/mol. The quantitative estimate of drug-likeness (QED) is 0.671. The molecule has 0 unspecified atom stereocenters. The van der Waals surface area contributed by atoms with E-state index < -0.39 is 0 Å². The second kappa shape index (κ2) is 8.59. The molecule has 4 nitrogen and oxygen atoms in total. The van der Waals surface area contributed by atoms with Crippen molar-refractivity contribution in [2.75, 3.05) is 11.9 Å². The van der Waals surface area contributed by atoms with Crippen LogP contribution in [0, 0.1) is 0 Å². The Morgan fingerprint density at radius 2 is 1.88 bits per heavy atom. The van der Waals surface area contributed by atoms with E-state index in [1.54, 1.807) is 18.2 Å². The van der Waals surface area contributed by atoms with Crippen LogP contribution < -0.4 is 14.8 Å². The molecule has 6 heteroatoms. The SMILES string of the molecule is O=C(COc1ccc(Cl)cc1Br)Nc1ccc(OC2CCCC2)cc1. The first-order valence-electron chi connectivity index (χ1n) is 8.24. The summed E-state index contributed by atoms with van der Waals surface area (Å²) in [6.45, 7) is -0.0828. The molecule has 0 radical (unpaired) electrons. The Hall–Kier alpha value is -1.72. The highest BCUT2D eigenvalue weighted by molar-refractivity contribution is 9.10. The van der Waals surface area contributed by atoms with Crippen LogP contribution in [0.15, 0.2) is 46.9 Å². The van der Waals surface area contributed by atoms with Crippen molar-refractivity contribution in [3.05, 3.63) is 52.0 Å². The van der Waals surface area contributed by atoms with Crippen molar-refractivity contribution in [1.29, 1.82) is 0 Å². The minimum atomic E-state index is -0.230. The first-order valence-corrected chi connectivity index (χ1v) is 9.42. The van der Waals surface area contributed by atoms with Crippen LogP contribution >= 0.6 is 27.5 Å². The lowest BCUT2D eigenvalue weighted by Crippen LogP contribution is -2.20. The number of nitrogens with one attached hydrogen (secondary N) is 1. The van der Waals surface area contributed by atoms with Gasteiger partial charge in [-0.1, -0.05) is 11.6 Å². The molecule has 0 bridgehead atoms. The predicted molar refractivity (Wildman–Crippen MR) is 103 cm³/mol. The van der Waals surface area contributed by atoms with E-state index in [9.17, 15) is 4.79 Å². The standard InChI is InChI=1S/C19H19BrClNO3/c20-17-11-13(21)5-10-18(17)24-12-19(23)22-14-6-8-16(9-7-14)25-15-3-1-2-4-15/h5-11,15H,1-4,12H2,(H,22,23). The minimum absolute atomic E-state index is 0.0828. The molecule has 1 amide bonds. The summed E-state index contributed by atoms with van der Waals surface area (Å²) in [5, 5.41) is 3.40. The molecule has 1 fully saturated rings. The fourth-order valence-corrected chi connectivity index (χ4v) is 3.55. The smallest absolute Gasteiger partial charge is 0.262 e. The van der Waals surface area contributed by atoms with Crippen molar-refractivity contribution in [2.24, 2.45) is 0 Å². The van der Waals surface area contributed by atoms with E-state index in [2.05, 4.69) is 21.2 Å². The van der Waals surface area contributed by atoms with E-state index in [-0.39, 0.29) is 12.5 Å². The third-order valence-corrected chi connectivity index (χ3v) is 4.85. The van der Waals surface area contributed by atoms with Gasteiger partial charge >= 0.3 is 0 Å². The normalized spacial score (nSPS) is 14.3. The van der Waals surface area contributed by atoms with Crippen LogP contribution in [0.5, 0.6) is 11.5 Å². The van der Waals surface area contributed by atoms with Crippen molar-refractivity contribution < 1.29 is 14.3 Å². The van der Waals surface area contributed by atoms with Gasteiger partial charge < -0.3 is 14.8 Å². The van der Waals surface area contributed by atoms with Crippen molar-refractivity contribution >= 4 is 39.1 Å². The Bertz CT molecular complexity index is 730. The Morgan fingerprint density at radius 3 is 2.56 bits per heavy atom. The van der Waals surface area contributed by atoms with Crippen LogP contribution in [0.1, 0.15) is 25.7 Å². The summed E-state index contributed by atoms with van der Waals surface area (Å²) in [6, 6.07) is 12.6. The van der Waals surface area contributed by atoms with Gasteiger partial charge in [-0.05, 0) is 84.1 Å². The molecular weight excluding hydrogens is 406 g/mol. The number of amides is 1. The number of carbonyl (C=O) groups is 1. The lowest BCUT2D eigenvalue weighted by atomic mass is 10.2. The van der Waals surface area contributed by atoms with Crippen molar-refractivity contribution in [3.8, 4) is 11.5 Å². The van der Waals surface area contributed by atoms with Gasteiger partial charge in [0, 0.05) is 10.7 Å². The van der Waals surface area contributed by atoms with Crippen molar-refractivity contribution in [3.63, 3.8) is 0 Å². The fraction of sp³-hybridized carbons (Fsp3) is 0.316. The zero-order valence-corrected chi connectivity index (χ0v) is 16.0. The number of carbonyl (C=O) groups excluding carboxylic acids is 1. The average molecular weight is 425 g/mol. The van der Waals surface area contributed by atoms with Crippen molar-refractivity contribution in [2.45, 2.75) is 31.8 Å². The van der Waals surface area contributed by atoms with Crippen LogP contribution in [-0.4, -0.2) is 18.6 Å². The van der Waals surface area contributed by atoms with Crippen LogP contribution in [0.4, 0.5) is 5.69 Å². The van der Waals surface area contributed by atoms with Gasteiger partial charge in [0.05, 0.1) is 10.6 Å². The van der Waals surface area contributed by atoms with E-state index in [1.807, 2.05) is 24.3 Å². The molecular formula is C19H19BrClNO3. The number of hydrogen-bond acceptors (Lipinski definition) is 3. The number of benzene rings is 2. The van der Waals surface area contributed by atoms with E-state index in [0.29, 0.717) is 27.0 Å². The maximum absolute atomic E-state index is 12.0. The van der Waals surface area contributed by atoms with Gasteiger partial charge in [0.25, 0.3) is 5.91 Å². The van der Waals surface area contributed by atoms with E-state index in [1.165, 1.54) is 12.8 Å². The average Bonchev–Trinajstić information content (AvgIpc) is 3.09. The first kappa shape index (κ1) is 18.1. The van der Waals surface area contributed by atoms with Crippen LogP contribution in [0.3, 0.4) is 0 Å². The number of ether oxygens (including phenoxy) is 2. The second-order valence-corrected chi connectivity index (χ2v) is 7.25. The van der Waals surface area contributed by atoms with Gasteiger partial charge in [0.1, 0.15) is 11.5 Å². The number of hydrogen-bond donors (Lipinski definition) is 1. The van der Waals surface area contributed by atoms with E-state index in [4.69, 9.17) is 21.1 Å². The highest BCUT2D eigenvalue weighted by Crippen LogP contribution is 2.28. The fourth-order valence-electron chi connectivity index (χ4n) is 2.75. The molecule has 1 N–H and O–H groups in total. The molecule has 1 aliphatic carbocycles. The zero-order valence-electron chi connectivity index (χ0n) is 13.6. The summed E-state index contributed by atoms with van der Waals surface area (Å²) in [6.07, 6.45) is 5.05. The Kier molecular flexibility index (Phi) is 6.21. The molecule has 0 aliphatic heterocycles. The maximum atomic E-state index is 12.0. The Balaban J connectivity index is 1.48. The molecule has 0 spiro atoms. The molecule has 25 heavy (non-hydrogen) atoms. The minimum Gasteiger partial charge on any atom is -0.490 e. The summed E-state index contributed by atoms with van der Waals surface area (Å²) in [7, 11) is 0. The topological polar surface area (TPSA) is 47.6 Å². The number of anilines is 1. The van der Waals surface area contributed by atoms with Gasteiger partial charge in [-0.25, -0.2) is 0 Å². The van der Waals surface area contributed by atoms with Gasteiger partial charge in [0.2, 0.25) is 0 Å². The molecule has 2 aromatic carbocycles. The van der Waals surface area contributed by atoms with Crippen LogP contribution in [0.2, 0.25) is 5.02 Å². The van der Waals surface area contributed by atoms with Gasteiger partial charge in [-0.15, -0.1) is 0 Å². The third-order valence-electron chi connectivity index (χ3n) is 4.00. The third kappa shape index (κ3) is 5.38. The van der Waals surface area contributed by atoms with Gasteiger partial charge in [-0.2, -0.15) is 0 Å². The summed E-state index contributed by atoms with van der Waals surface area (Å²) < 4.78 is 12.1. The molecule has 0 aromatic heterocycles. The molecule has 0 atom stereocenters. The van der Waals surface area contributed by atoms with E-state index >= 15 is 0 Å². The number of rotatable bonds is 6.